The van der Waals surface area contributed by atoms with Gasteiger partial charge in [0.15, 0.2) is 6.10 Å². The first-order chi connectivity index (χ1) is 14.2. The maximum Gasteiger partial charge on any atom is 0.324 e. The lowest BCUT2D eigenvalue weighted by Gasteiger charge is -2.18. The van der Waals surface area contributed by atoms with Crippen LogP contribution in [0.5, 0.6) is 5.75 Å². The fraction of sp³-hybridized carbons (Fsp3) is 0.250. The van der Waals surface area contributed by atoms with Gasteiger partial charge in [0.25, 0.3) is 5.91 Å². The number of anilines is 1. The highest BCUT2D eigenvalue weighted by molar-refractivity contribution is 7.89. The minimum absolute atomic E-state index is 0.0538. The molecule has 9 nitrogen and oxygen atoms in total. The summed E-state index contributed by atoms with van der Waals surface area (Å²) in [7, 11) is -2.53. The summed E-state index contributed by atoms with van der Waals surface area (Å²) in [6, 6.07) is 12.7. The van der Waals surface area contributed by atoms with Crippen LogP contribution in [-0.2, 0) is 24.3 Å². The van der Waals surface area contributed by atoms with Gasteiger partial charge in [0, 0.05) is 0 Å². The molecular formula is C20H21N3O6S. The first-order valence-corrected chi connectivity index (χ1v) is 10.3. The van der Waals surface area contributed by atoms with Gasteiger partial charge in [-0.2, -0.15) is 9.98 Å². The molecule has 2 aromatic carbocycles. The van der Waals surface area contributed by atoms with Crippen molar-refractivity contribution in [3.05, 3.63) is 54.1 Å². The topological polar surface area (TPSA) is 135 Å². The molecule has 1 unspecified atom stereocenters. The van der Waals surface area contributed by atoms with Crippen molar-refractivity contribution >= 4 is 27.6 Å². The minimum atomic E-state index is -3.99. The van der Waals surface area contributed by atoms with Gasteiger partial charge in [-0.1, -0.05) is 12.1 Å². The van der Waals surface area contributed by atoms with E-state index in [1.807, 2.05) is 6.07 Å². The summed E-state index contributed by atoms with van der Waals surface area (Å²) in [5.74, 6) is -1.10. The van der Waals surface area contributed by atoms with E-state index in [0.29, 0.717) is 5.75 Å². The van der Waals surface area contributed by atoms with Gasteiger partial charge < -0.3 is 14.8 Å². The molecule has 30 heavy (non-hydrogen) atoms. The largest absolute Gasteiger partial charge is 0.497 e. The van der Waals surface area contributed by atoms with Crippen LogP contribution in [0, 0.1) is 11.3 Å². The summed E-state index contributed by atoms with van der Waals surface area (Å²) in [5, 5.41) is 11.6. The number of benzene rings is 2. The van der Waals surface area contributed by atoms with Gasteiger partial charge in [0.1, 0.15) is 17.9 Å². The minimum Gasteiger partial charge on any atom is -0.497 e. The molecule has 2 rings (SSSR count). The number of nitrogens with one attached hydrogen (secondary N) is 2. The van der Waals surface area contributed by atoms with E-state index in [0.717, 1.165) is 0 Å². The maximum absolute atomic E-state index is 12.4. The number of methoxy groups -OCH3 is 1. The molecular weight excluding hydrogens is 410 g/mol. The fourth-order valence-electron chi connectivity index (χ4n) is 2.36. The average molecular weight is 431 g/mol. The van der Waals surface area contributed by atoms with Gasteiger partial charge in [0.2, 0.25) is 10.0 Å². The van der Waals surface area contributed by atoms with Gasteiger partial charge in [-0.15, -0.1) is 0 Å². The zero-order valence-electron chi connectivity index (χ0n) is 16.6. The van der Waals surface area contributed by atoms with E-state index in [1.165, 1.54) is 57.4 Å². The standard InChI is InChI=1S/C20H21N3O6S/c1-13(23-30(26,27)17-10-8-16(28-3)9-11-17)20(25)29-14(2)19(24)22-18-7-5-4-6-15(18)12-21/h4-11,13-14,23H,1-3H3,(H,22,24)/t13-,14?/m0/s1. The van der Waals surface area contributed by atoms with Crippen LogP contribution in [0.4, 0.5) is 5.69 Å². The van der Waals surface area contributed by atoms with E-state index in [-0.39, 0.29) is 16.1 Å². The number of nitrogens with zero attached hydrogens (tertiary/aromatic N) is 1. The highest BCUT2D eigenvalue weighted by Crippen LogP contribution is 2.16. The monoisotopic (exact) mass is 431 g/mol. The van der Waals surface area contributed by atoms with Gasteiger partial charge in [0.05, 0.1) is 23.3 Å². The number of nitriles is 1. The second-order valence-electron chi connectivity index (χ2n) is 6.24. The first kappa shape index (κ1) is 22.9. The van der Waals surface area contributed by atoms with Crippen LogP contribution in [0.15, 0.2) is 53.4 Å². The molecule has 0 radical (unpaired) electrons. The molecule has 0 saturated carbocycles. The predicted octanol–water partition coefficient (Wildman–Crippen LogP) is 1.80. The third-order valence-electron chi connectivity index (χ3n) is 4.02. The number of sulfonamides is 1. The van der Waals surface area contributed by atoms with Crippen LogP contribution >= 0.6 is 0 Å². The van der Waals surface area contributed by atoms with Crippen LogP contribution in [0.1, 0.15) is 19.4 Å². The first-order valence-electron chi connectivity index (χ1n) is 8.85. The second-order valence-corrected chi connectivity index (χ2v) is 7.96. The van der Waals surface area contributed by atoms with E-state index < -0.39 is 34.0 Å². The number of carbonyl (C=O) groups is 2. The predicted molar refractivity (Wildman–Crippen MR) is 108 cm³/mol. The molecule has 2 atom stereocenters. The Morgan fingerprint density at radius 2 is 1.70 bits per heavy atom. The van der Waals surface area contributed by atoms with Gasteiger partial charge in [-0.3, -0.25) is 9.59 Å². The summed E-state index contributed by atoms with van der Waals surface area (Å²) in [5.41, 5.74) is 0.533. The number of hydrogen-bond acceptors (Lipinski definition) is 7. The van der Waals surface area contributed by atoms with Gasteiger partial charge in [-0.25, -0.2) is 8.42 Å². The van der Waals surface area contributed by atoms with Crippen LogP contribution in [0.2, 0.25) is 0 Å². The fourth-order valence-corrected chi connectivity index (χ4v) is 3.55. The van der Waals surface area contributed by atoms with Crippen molar-refractivity contribution in [1.82, 2.24) is 4.72 Å². The molecule has 0 saturated heterocycles. The highest BCUT2D eigenvalue weighted by Gasteiger charge is 2.26. The Bertz CT molecular complexity index is 1060. The molecule has 2 aromatic rings. The number of para-hydroxylation sites is 1. The Kier molecular flexibility index (Phi) is 7.52. The quantitative estimate of drug-likeness (QED) is 0.609. The van der Waals surface area contributed by atoms with E-state index >= 15 is 0 Å². The Morgan fingerprint density at radius 3 is 2.30 bits per heavy atom. The van der Waals surface area contributed by atoms with Crippen molar-refractivity contribution in [2.75, 3.05) is 12.4 Å². The summed E-state index contributed by atoms with van der Waals surface area (Å²) >= 11 is 0. The van der Waals surface area contributed by atoms with E-state index in [1.54, 1.807) is 12.1 Å². The average Bonchev–Trinajstić information content (AvgIpc) is 2.73. The van der Waals surface area contributed by atoms with Gasteiger partial charge in [-0.05, 0) is 50.2 Å². The molecule has 0 fully saturated rings. The number of esters is 1. The zero-order chi connectivity index (χ0) is 22.3. The molecule has 158 valence electrons. The smallest absolute Gasteiger partial charge is 0.324 e. The van der Waals surface area contributed by atoms with Crippen molar-refractivity contribution in [2.24, 2.45) is 0 Å². The molecule has 0 aliphatic carbocycles. The van der Waals surface area contributed by atoms with E-state index in [9.17, 15) is 18.0 Å². The number of ether oxygens (including phenoxy) is 2. The Labute approximate surface area is 174 Å². The summed E-state index contributed by atoms with van der Waals surface area (Å²) in [4.78, 5) is 24.4. The van der Waals surface area contributed by atoms with Crippen molar-refractivity contribution in [1.29, 1.82) is 5.26 Å². The maximum atomic E-state index is 12.4. The lowest BCUT2D eigenvalue weighted by Crippen LogP contribution is -2.42. The van der Waals surface area contributed by atoms with Crippen molar-refractivity contribution in [3.8, 4) is 11.8 Å². The Balaban J connectivity index is 1.98. The number of hydrogen-bond donors (Lipinski definition) is 2. The summed E-state index contributed by atoms with van der Waals surface area (Å²) in [6.45, 7) is 2.64. The summed E-state index contributed by atoms with van der Waals surface area (Å²) < 4.78 is 37.1. The molecule has 0 aromatic heterocycles. The third kappa shape index (κ3) is 5.79. The Hall–Kier alpha value is -3.42. The molecule has 2 N–H and O–H groups in total. The lowest BCUT2D eigenvalue weighted by molar-refractivity contribution is -0.154. The molecule has 0 bridgehead atoms. The van der Waals surface area contributed by atoms with Crippen LogP contribution in [0.25, 0.3) is 0 Å². The number of amides is 1. The van der Waals surface area contributed by atoms with Crippen molar-refractivity contribution in [3.63, 3.8) is 0 Å². The van der Waals surface area contributed by atoms with E-state index in [2.05, 4.69) is 10.0 Å². The molecule has 0 aliphatic rings. The number of rotatable bonds is 8. The van der Waals surface area contributed by atoms with Gasteiger partial charge >= 0.3 is 5.97 Å². The van der Waals surface area contributed by atoms with Crippen LogP contribution in [-0.4, -0.2) is 39.5 Å². The molecule has 1 amide bonds. The number of carbonyl (C=O) groups excluding carboxylic acids is 2. The van der Waals surface area contributed by atoms with Crippen molar-refractivity contribution in [2.45, 2.75) is 30.9 Å². The molecule has 0 aliphatic heterocycles. The molecule has 0 spiro atoms. The van der Waals surface area contributed by atoms with Crippen molar-refractivity contribution < 1.29 is 27.5 Å². The second kappa shape index (κ2) is 9.87. The highest BCUT2D eigenvalue weighted by atomic mass is 32.2. The van der Waals surface area contributed by atoms with Crippen LogP contribution in [0.3, 0.4) is 0 Å². The molecule has 0 heterocycles. The molecule has 10 heteroatoms. The normalized spacial score (nSPS) is 12.9. The van der Waals surface area contributed by atoms with Crippen LogP contribution < -0.4 is 14.8 Å². The SMILES string of the molecule is COc1ccc(S(=O)(=O)N[C@@H](C)C(=O)OC(C)C(=O)Nc2ccccc2C#N)cc1. The zero-order valence-corrected chi connectivity index (χ0v) is 17.4. The van der Waals surface area contributed by atoms with E-state index in [4.69, 9.17) is 14.7 Å². The lowest BCUT2D eigenvalue weighted by atomic mass is 10.2. The summed E-state index contributed by atoms with van der Waals surface area (Å²) in [6.07, 6.45) is -1.21. The Morgan fingerprint density at radius 1 is 1.07 bits per heavy atom. The third-order valence-corrected chi connectivity index (χ3v) is 5.58.